The Morgan fingerprint density at radius 3 is 3.00 bits per heavy atom. The molecule has 1 saturated heterocycles. The molecule has 4 nitrogen and oxygen atoms in total. The van der Waals surface area contributed by atoms with E-state index in [1.54, 1.807) is 0 Å². The van der Waals surface area contributed by atoms with Crippen LogP contribution >= 0.6 is 0 Å². The van der Waals surface area contributed by atoms with Gasteiger partial charge >= 0.3 is 0 Å². The first-order valence-electron chi connectivity index (χ1n) is 8.17. The van der Waals surface area contributed by atoms with Crippen molar-refractivity contribution in [2.45, 2.75) is 65.1 Å². The molecule has 0 spiro atoms. The molecule has 0 aromatic carbocycles. The van der Waals surface area contributed by atoms with Crippen LogP contribution < -0.4 is 5.32 Å². The largest absolute Gasteiger partial charge is 0.331 e. The van der Waals surface area contributed by atoms with Gasteiger partial charge in [0.05, 0.1) is 12.0 Å². The first-order chi connectivity index (χ1) is 9.72. The number of aromatic nitrogens is 2. The monoisotopic (exact) mass is 278 g/mol. The Morgan fingerprint density at radius 1 is 1.40 bits per heavy atom. The molecule has 114 valence electrons. The number of nitrogens with one attached hydrogen (secondary N) is 1. The van der Waals surface area contributed by atoms with E-state index in [1.807, 2.05) is 12.5 Å². The van der Waals surface area contributed by atoms with Crippen LogP contribution in [0.5, 0.6) is 0 Å². The van der Waals surface area contributed by atoms with Crippen molar-refractivity contribution in [3.63, 3.8) is 0 Å². The summed E-state index contributed by atoms with van der Waals surface area (Å²) in [6.07, 6.45) is 9.25. The van der Waals surface area contributed by atoms with Crippen molar-refractivity contribution in [3.05, 3.63) is 18.2 Å². The van der Waals surface area contributed by atoms with Gasteiger partial charge in [-0.1, -0.05) is 13.3 Å². The maximum absolute atomic E-state index is 4.33. The summed E-state index contributed by atoms with van der Waals surface area (Å²) in [5.74, 6) is 0. The Balaban J connectivity index is 1.95. The predicted molar refractivity (Wildman–Crippen MR) is 83.8 cm³/mol. The molecule has 0 amide bonds. The highest BCUT2D eigenvalue weighted by Crippen LogP contribution is 2.20. The molecule has 1 aliphatic rings. The van der Waals surface area contributed by atoms with E-state index in [1.165, 1.54) is 37.9 Å². The standard InChI is InChI=1S/C16H30N4/c1-4-8-17-10-15-7-5-6-9-19(15)12-16-11-18-13-20(16)14(2)3/h11,13-15,17H,4-10,12H2,1-3H3. The summed E-state index contributed by atoms with van der Waals surface area (Å²) in [4.78, 5) is 6.97. The molecule has 1 fully saturated rings. The number of rotatable bonds is 7. The second-order valence-corrected chi connectivity index (χ2v) is 6.21. The fraction of sp³-hybridized carbons (Fsp3) is 0.812. The molecular weight excluding hydrogens is 248 g/mol. The molecule has 2 heterocycles. The summed E-state index contributed by atoms with van der Waals surface area (Å²) in [7, 11) is 0. The fourth-order valence-corrected chi connectivity index (χ4v) is 3.07. The zero-order valence-corrected chi connectivity index (χ0v) is 13.3. The van der Waals surface area contributed by atoms with Gasteiger partial charge in [0, 0.05) is 31.4 Å². The molecule has 1 atom stereocenters. The first-order valence-corrected chi connectivity index (χ1v) is 8.17. The van der Waals surface area contributed by atoms with Gasteiger partial charge in [0.1, 0.15) is 0 Å². The maximum atomic E-state index is 4.33. The highest BCUT2D eigenvalue weighted by atomic mass is 15.2. The van der Waals surface area contributed by atoms with Crippen molar-refractivity contribution >= 4 is 0 Å². The summed E-state index contributed by atoms with van der Waals surface area (Å²) in [5, 5.41) is 3.59. The van der Waals surface area contributed by atoms with Crippen LogP contribution in [0, 0.1) is 0 Å². The molecule has 20 heavy (non-hydrogen) atoms. The van der Waals surface area contributed by atoms with Crippen LogP contribution in [0.25, 0.3) is 0 Å². The SMILES string of the molecule is CCCNCC1CCCCN1Cc1cncn1C(C)C. The lowest BCUT2D eigenvalue weighted by molar-refractivity contribution is 0.134. The molecule has 1 N–H and O–H groups in total. The topological polar surface area (TPSA) is 33.1 Å². The number of imidazole rings is 1. The quantitative estimate of drug-likeness (QED) is 0.779. The summed E-state index contributed by atoms with van der Waals surface area (Å²) in [5.41, 5.74) is 1.35. The molecule has 0 bridgehead atoms. The van der Waals surface area contributed by atoms with Crippen LogP contribution in [-0.4, -0.2) is 40.1 Å². The van der Waals surface area contributed by atoms with E-state index in [2.05, 4.69) is 40.5 Å². The maximum Gasteiger partial charge on any atom is 0.0951 e. The van der Waals surface area contributed by atoms with Gasteiger partial charge in [-0.25, -0.2) is 4.98 Å². The zero-order chi connectivity index (χ0) is 14.4. The van der Waals surface area contributed by atoms with Gasteiger partial charge in [-0.3, -0.25) is 4.90 Å². The minimum atomic E-state index is 0.494. The van der Waals surface area contributed by atoms with E-state index >= 15 is 0 Å². The number of likely N-dealkylation sites (tertiary alicyclic amines) is 1. The van der Waals surface area contributed by atoms with Crippen molar-refractivity contribution < 1.29 is 0 Å². The van der Waals surface area contributed by atoms with Gasteiger partial charge in [0.15, 0.2) is 0 Å². The Morgan fingerprint density at radius 2 is 2.25 bits per heavy atom. The average molecular weight is 278 g/mol. The summed E-state index contributed by atoms with van der Waals surface area (Å²) < 4.78 is 2.30. The van der Waals surface area contributed by atoms with E-state index in [4.69, 9.17) is 0 Å². The normalized spacial score (nSPS) is 20.7. The number of hydrogen-bond acceptors (Lipinski definition) is 3. The molecule has 4 heteroatoms. The Kier molecular flexibility index (Phi) is 6.05. The predicted octanol–water partition coefficient (Wildman–Crippen LogP) is 2.82. The van der Waals surface area contributed by atoms with Crippen molar-refractivity contribution in [1.29, 1.82) is 0 Å². The first kappa shape index (κ1) is 15.5. The van der Waals surface area contributed by atoms with Gasteiger partial charge < -0.3 is 9.88 Å². The van der Waals surface area contributed by atoms with E-state index in [0.717, 1.165) is 19.6 Å². The lowest BCUT2D eigenvalue weighted by atomic mass is 10.0. The Bertz CT molecular complexity index is 386. The zero-order valence-electron chi connectivity index (χ0n) is 13.3. The minimum Gasteiger partial charge on any atom is -0.331 e. The van der Waals surface area contributed by atoms with Crippen LogP contribution in [0.1, 0.15) is 58.2 Å². The molecule has 1 unspecified atom stereocenters. The average Bonchev–Trinajstić information content (AvgIpc) is 2.89. The minimum absolute atomic E-state index is 0.494. The third kappa shape index (κ3) is 4.06. The molecule has 2 rings (SSSR count). The summed E-state index contributed by atoms with van der Waals surface area (Å²) in [6.45, 7) is 11.2. The van der Waals surface area contributed by atoms with E-state index in [0.29, 0.717) is 12.1 Å². The Hall–Kier alpha value is -0.870. The fourth-order valence-electron chi connectivity index (χ4n) is 3.07. The Labute approximate surface area is 123 Å². The highest BCUT2D eigenvalue weighted by Gasteiger charge is 2.23. The van der Waals surface area contributed by atoms with Crippen LogP contribution in [0.15, 0.2) is 12.5 Å². The second-order valence-electron chi connectivity index (χ2n) is 6.21. The van der Waals surface area contributed by atoms with Crippen molar-refractivity contribution in [3.8, 4) is 0 Å². The van der Waals surface area contributed by atoms with Gasteiger partial charge in [-0.15, -0.1) is 0 Å². The van der Waals surface area contributed by atoms with Crippen LogP contribution in [0.3, 0.4) is 0 Å². The number of piperidine rings is 1. The van der Waals surface area contributed by atoms with Crippen molar-refractivity contribution in [2.24, 2.45) is 0 Å². The molecule has 0 saturated carbocycles. The van der Waals surface area contributed by atoms with E-state index < -0.39 is 0 Å². The van der Waals surface area contributed by atoms with Crippen molar-refractivity contribution in [2.75, 3.05) is 19.6 Å². The molecular formula is C16H30N4. The molecule has 0 radical (unpaired) electrons. The van der Waals surface area contributed by atoms with Gasteiger partial charge in [-0.05, 0) is 46.2 Å². The molecule has 0 aliphatic carbocycles. The van der Waals surface area contributed by atoms with Crippen LogP contribution in [0.4, 0.5) is 0 Å². The molecule has 1 aliphatic heterocycles. The lowest BCUT2D eigenvalue weighted by Gasteiger charge is -2.36. The molecule has 1 aromatic heterocycles. The third-order valence-corrected chi connectivity index (χ3v) is 4.22. The highest BCUT2D eigenvalue weighted by molar-refractivity contribution is 5.01. The van der Waals surface area contributed by atoms with Crippen LogP contribution in [0.2, 0.25) is 0 Å². The summed E-state index contributed by atoms with van der Waals surface area (Å²) >= 11 is 0. The number of nitrogens with zero attached hydrogens (tertiary/aromatic N) is 3. The van der Waals surface area contributed by atoms with E-state index in [9.17, 15) is 0 Å². The van der Waals surface area contributed by atoms with E-state index in [-0.39, 0.29) is 0 Å². The summed E-state index contributed by atoms with van der Waals surface area (Å²) in [6, 6.07) is 1.18. The third-order valence-electron chi connectivity index (χ3n) is 4.22. The van der Waals surface area contributed by atoms with Gasteiger partial charge in [0.2, 0.25) is 0 Å². The van der Waals surface area contributed by atoms with Gasteiger partial charge in [-0.2, -0.15) is 0 Å². The van der Waals surface area contributed by atoms with Gasteiger partial charge in [0.25, 0.3) is 0 Å². The second kappa shape index (κ2) is 7.79. The molecule has 1 aromatic rings. The number of hydrogen-bond donors (Lipinski definition) is 1. The lowest BCUT2D eigenvalue weighted by Crippen LogP contribution is -2.45. The van der Waals surface area contributed by atoms with Crippen LogP contribution in [-0.2, 0) is 6.54 Å². The smallest absolute Gasteiger partial charge is 0.0951 e. The van der Waals surface area contributed by atoms with Crippen molar-refractivity contribution in [1.82, 2.24) is 19.8 Å².